The van der Waals surface area contributed by atoms with Crippen molar-refractivity contribution < 1.29 is 0 Å². The average Bonchev–Trinajstić information content (AvgIpc) is 3.14. The molecule has 1 heterocycles. The minimum absolute atomic E-state index is 0.430. The molecule has 0 N–H and O–H groups in total. The van der Waals surface area contributed by atoms with Gasteiger partial charge >= 0.3 is 0 Å². The molecule has 26 heavy (non-hydrogen) atoms. The van der Waals surface area contributed by atoms with Crippen LogP contribution in [-0.2, 0) is 12.3 Å². The first kappa shape index (κ1) is 20.0. The summed E-state index contributed by atoms with van der Waals surface area (Å²) in [4.78, 5) is 5.37. The Morgan fingerprint density at radius 2 is 1.81 bits per heavy atom. The Balaban J connectivity index is 1.62. The molecule has 1 atom stereocenters. The molecule has 0 bridgehead atoms. The monoisotopic (exact) mass is 442 g/mol. The van der Waals surface area contributed by atoms with Gasteiger partial charge in [0.15, 0.2) is 0 Å². The second kappa shape index (κ2) is 9.95. The van der Waals surface area contributed by atoms with Gasteiger partial charge in [-0.1, -0.05) is 40.9 Å². The largest absolute Gasteiger partial charge is 0.336 e. The maximum atomic E-state index is 6.13. The number of rotatable bonds is 8. The Morgan fingerprint density at radius 3 is 2.50 bits per heavy atom. The zero-order chi connectivity index (χ0) is 18.4. The van der Waals surface area contributed by atoms with Gasteiger partial charge in [0.1, 0.15) is 0 Å². The topological polar surface area (TPSA) is 17.8 Å². The van der Waals surface area contributed by atoms with E-state index in [2.05, 4.69) is 21.7 Å². The first-order valence-electron chi connectivity index (χ1n) is 8.00. The number of thioether (sulfide) groups is 2. The fraction of sp³-hybridized carbons (Fsp3) is 0.211. The summed E-state index contributed by atoms with van der Waals surface area (Å²) in [6, 6.07) is 13.8. The smallest absolute Gasteiger partial charge is 0.0946 e. The summed E-state index contributed by atoms with van der Waals surface area (Å²) in [5.74, 6) is 1.88. The molecule has 7 heteroatoms. The highest BCUT2D eigenvalue weighted by atomic mass is 35.5. The van der Waals surface area contributed by atoms with Gasteiger partial charge < -0.3 is 4.57 Å². The molecule has 0 amide bonds. The number of imidazole rings is 1. The lowest BCUT2D eigenvalue weighted by Crippen LogP contribution is -2.15. The molecule has 2 nitrogen and oxygen atoms in total. The normalized spacial score (nSPS) is 12.3. The van der Waals surface area contributed by atoms with E-state index in [0.29, 0.717) is 15.3 Å². The quantitative estimate of drug-likeness (QED) is 0.351. The van der Waals surface area contributed by atoms with Crippen LogP contribution in [0.15, 0.2) is 66.1 Å². The second-order valence-electron chi connectivity index (χ2n) is 5.71. The Hall–Kier alpha value is -0.780. The van der Waals surface area contributed by atoms with E-state index in [0.717, 1.165) is 23.1 Å². The van der Waals surface area contributed by atoms with Crippen LogP contribution >= 0.6 is 58.3 Å². The average molecular weight is 444 g/mol. The molecule has 3 rings (SSSR count). The molecule has 2 aromatic carbocycles. The van der Waals surface area contributed by atoms with Gasteiger partial charge in [-0.2, -0.15) is 11.8 Å². The number of nitrogens with zero attached hydrogens (tertiary/aromatic N) is 2. The van der Waals surface area contributed by atoms with E-state index in [1.807, 2.05) is 72.6 Å². The van der Waals surface area contributed by atoms with Crippen LogP contribution < -0.4 is 0 Å². The predicted molar refractivity (Wildman–Crippen MR) is 116 cm³/mol. The van der Waals surface area contributed by atoms with Crippen molar-refractivity contribution in [1.82, 2.24) is 9.55 Å². The van der Waals surface area contributed by atoms with Crippen molar-refractivity contribution in [2.45, 2.75) is 22.4 Å². The summed E-state index contributed by atoms with van der Waals surface area (Å²) in [5.41, 5.74) is 1.18. The predicted octanol–water partition coefficient (Wildman–Crippen LogP) is 6.94. The van der Waals surface area contributed by atoms with Gasteiger partial charge in [-0.25, -0.2) is 4.98 Å². The molecule has 0 saturated carbocycles. The number of aromatic nitrogens is 2. The molecule has 0 aliphatic heterocycles. The maximum Gasteiger partial charge on any atom is 0.0946 e. The van der Waals surface area contributed by atoms with E-state index >= 15 is 0 Å². The third kappa shape index (κ3) is 6.14. The van der Waals surface area contributed by atoms with Crippen LogP contribution in [-0.4, -0.2) is 20.6 Å². The molecule has 1 aromatic heterocycles. The molecule has 1 unspecified atom stereocenters. The first-order chi connectivity index (χ1) is 12.6. The molecule has 3 aromatic rings. The van der Waals surface area contributed by atoms with Crippen molar-refractivity contribution in [1.29, 1.82) is 0 Å². The van der Waals surface area contributed by atoms with E-state index in [1.54, 1.807) is 0 Å². The zero-order valence-corrected chi connectivity index (χ0v) is 17.7. The maximum absolute atomic E-state index is 6.13. The lowest BCUT2D eigenvalue weighted by molar-refractivity contribution is 0.695. The molecule has 136 valence electrons. The van der Waals surface area contributed by atoms with Gasteiger partial charge in [0.05, 0.1) is 16.4 Å². The van der Waals surface area contributed by atoms with E-state index in [4.69, 9.17) is 34.8 Å². The fourth-order valence-corrected chi connectivity index (χ4v) is 5.08. The molecular weight excluding hydrogens is 427 g/mol. The number of benzene rings is 2. The van der Waals surface area contributed by atoms with E-state index < -0.39 is 0 Å². The van der Waals surface area contributed by atoms with Gasteiger partial charge in [-0.05, 0) is 42.0 Å². The van der Waals surface area contributed by atoms with E-state index in [1.165, 1.54) is 10.5 Å². The minimum Gasteiger partial charge on any atom is -0.336 e. The molecule has 0 fully saturated rings. The standard InChI is InChI=1S/C19H17Cl3N2S2/c20-15-2-4-16(5-3-15)26-12-17(10-24-8-7-23-13-24)25-11-14-1-6-18(21)19(22)9-14/h1-9,13,17H,10-12H2. The molecule has 0 spiro atoms. The minimum atomic E-state index is 0.430. The molecule has 0 saturated heterocycles. The Bertz CT molecular complexity index is 823. The summed E-state index contributed by atoms with van der Waals surface area (Å²) >= 11 is 21.9. The van der Waals surface area contributed by atoms with Crippen LogP contribution in [0.3, 0.4) is 0 Å². The lowest BCUT2D eigenvalue weighted by atomic mass is 10.2. The number of halogens is 3. The van der Waals surface area contributed by atoms with Gasteiger partial charge in [-0.15, -0.1) is 11.8 Å². The summed E-state index contributed by atoms with van der Waals surface area (Å²) in [6.45, 7) is 0.909. The summed E-state index contributed by atoms with van der Waals surface area (Å²) in [6.07, 6.45) is 5.67. The number of hydrogen-bond acceptors (Lipinski definition) is 3. The van der Waals surface area contributed by atoms with E-state index in [-0.39, 0.29) is 0 Å². The summed E-state index contributed by atoms with van der Waals surface area (Å²) in [5, 5.41) is 2.39. The molecule has 0 aliphatic carbocycles. The van der Waals surface area contributed by atoms with Crippen LogP contribution in [0.2, 0.25) is 15.1 Å². The van der Waals surface area contributed by atoms with Crippen LogP contribution in [0.5, 0.6) is 0 Å². The molecule has 0 aliphatic rings. The lowest BCUT2D eigenvalue weighted by Gasteiger charge is -2.17. The summed E-state index contributed by atoms with van der Waals surface area (Å²) < 4.78 is 2.12. The highest BCUT2D eigenvalue weighted by Crippen LogP contribution is 2.29. The van der Waals surface area contributed by atoms with Crippen molar-refractivity contribution in [2.24, 2.45) is 0 Å². The van der Waals surface area contributed by atoms with Gasteiger partial charge in [0.2, 0.25) is 0 Å². The van der Waals surface area contributed by atoms with Crippen molar-refractivity contribution >= 4 is 58.3 Å². The fourth-order valence-electron chi connectivity index (χ4n) is 2.35. The van der Waals surface area contributed by atoms with Crippen molar-refractivity contribution in [3.8, 4) is 0 Å². The Labute approximate surface area is 177 Å². The van der Waals surface area contributed by atoms with Crippen molar-refractivity contribution in [3.05, 3.63) is 81.8 Å². The zero-order valence-electron chi connectivity index (χ0n) is 13.8. The van der Waals surface area contributed by atoms with Crippen LogP contribution in [0.4, 0.5) is 0 Å². The summed E-state index contributed by atoms with van der Waals surface area (Å²) in [7, 11) is 0. The van der Waals surface area contributed by atoms with Crippen molar-refractivity contribution in [3.63, 3.8) is 0 Å². The SMILES string of the molecule is Clc1ccc(SCC(Cn2ccnc2)SCc2ccc(Cl)c(Cl)c2)cc1. The van der Waals surface area contributed by atoms with Gasteiger partial charge in [0, 0.05) is 45.6 Å². The highest BCUT2D eigenvalue weighted by Gasteiger charge is 2.12. The Morgan fingerprint density at radius 1 is 1.00 bits per heavy atom. The number of hydrogen-bond donors (Lipinski definition) is 0. The van der Waals surface area contributed by atoms with Crippen LogP contribution in [0.1, 0.15) is 5.56 Å². The van der Waals surface area contributed by atoms with Crippen LogP contribution in [0, 0.1) is 0 Å². The van der Waals surface area contributed by atoms with Gasteiger partial charge in [-0.3, -0.25) is 0 Å². The van der Waals surface area contributed by atoms with Crippen LogP contribution in [0.25, 0.3) is 0 Å². The molecule has 0 radical (unpaired) electrons. The van der Waals surface area contributed by atoms with E-state index in [9.17, 15) is 0 Å². The Kier molecular flexibility index (Phi) is 7.64. The third-order valence-electron chi connectivity index (χ3n) is 3.69. The first-order valence-corrected chi connectivity index (χ1v) is 11.2. The van der Waals surface area contributed by atoms with Gasteiger partial charge in [0.25, 0.3) is 0 Å². The third-order valence-corrected chi connectivity index (χ3v) is 7.36. The second-order valence-corrected chi connectivity index (χ2v) is 9.34. The van der Waals surface area contributed by atoms with Crippen molar-refractivity contribution in [2.75, 3.05) is 5.75 Å². The molecular formula is C19H17Cl3N2S2. The highest BCUT2D eigenvalue weighted by molar-refractivity contribution is 8.03.